The highest BCUT2D eigenvalue weighted by Gasteiger charge is 2.33. The molecule has 0 radical (unpaired) electrons. The number of benzene rings is 2. The van der Waals surface area contributed by atoms with Crippen LogP contribution in [0.2, 0.25) is 0 Å². The van der Waals surface area contributed by atoms with E-state index in [-0.39, 0.29) is 24.5 Å². The quantitative estimate of drug-likeness (QED) is 0.616. The number of nitrogens with one attached hydrogen (secondary N) is 1. The van der Waals surface area contributed by atoms with Gasteiger partial charge in [-0.15, -0.1) is 0 Å². The molecule has 176 valence electrons. The first-order chi connectivity index (χ1) is 16.3. The van der Waals surface area contributed by atoms with Crippen LogP contribution in [0.4, 0.5) is 0 Å². The Balaban J connectivity index is 1.48. The van der Waals surface area contributed by atoms with Gasteiger partial charge in [0.1, 0.15) is 6.10 Å². The lowest BCUT2D eigenvalue weighted by atomic mass is 9.89. The Kier molecular flexibility index (Phi) is 6.82. The minimum atomic E-state index is -0.0162. The minimum Gasteiger partial charge on any atom is -0.398 e. The molecule has 2 aromatic rings. The first-order valence-electron chi connectivity index (χ1n) is 11.4. The van der Waals surface area contributed by atoms with E-state index in [0.29, 0.717) is 54.4 Å². The Morgan fingerprint density at radius 3 is 2.41 bits per heavy atom. The van der Waals surface area contributed by atoms with Crippen LogP contribution >= 0.6 is 0 Å². The van der Waals surface area contributed by atoms with Crippen molar-refractivity contribution in [2.75, 3.05) is 32.9 Å². The summed E-state index contributed by atoms with van der Waals surface area (Å²) < 4.78 is 10.8. The summed E-state index contributed by atoms with van der Waals surface area (Å²) in [5, 5.41) is 17.3. The first-order valence-corrected chi connectivity index (χ1v) is 11.4. The van der Waals surface area contributed by atoms with Crippen LogP contribution in [0.5, 0.6) is 0 Å². The standard InChI is InChI=1S/C27H30N4O3/c1-16-8-17(2)24(9-23(16)26(30)18(3)25(29)15-34-22-13-33-14-22)27(32)31-11-21(12-31)20-6-4-19(10-28)5-7-20/h4-9,21-22,29H,11-15,30H2,1-3H3/b26-18-,29-25?. The Morgan fingerprint density at radius 2 is 1.82 bits per heavy atom. The Labute approximate surface area is 200 Å². The monoisotopic (exact) mass is 458 g/mol. The number of likely N-dealkylation sites (tertiary alicyclic amines) is 1. The predicted octanol–water partition coefficient (Wildman–Crippen LogP) is 3.54. The van der Waals surface area contributed by atoms with Gasteiger partial charge in [-0.2, -0.15) is 5.26 Å². The normalized spacial score (nSPS) is 16.8. The zero-order valence-corrected chi connectivity index (χ0v) is 19.9. The van der Waals surface area contributed by atoms with Gasteiger partial charge in [-0.25, -0.2) is 0 Å². The van der Waals surface area contributed by atoms with Gasteiger partial charge in [0.25, 0.3) is 5.91 Å². The molecule has 0 atom stereocenters. The lowest BCUT2D eigenvalue weighted by Crippen LogP contribution is -2.48. The van der Waals surface area contributed by atoms with Crippen LogP contribution in [0.15, 0.2) is 42.0 Å². The van der Waals surface area contributed by atoms with Crippen molar-refractivity contribution in [2.24, 2.45) is 5.73 Å². The third-order valence-electron chi connectivity index (χ3n) is 6.70. The fraction of sp³-hybridized carbons (Fsp3) is 0.370. The highest BCUT2D eigenvalue weighted by atomic mass is 16.6. The third-order valence-corrected chi connectivity index (χ3v) is 6.70. The van der Waals surface area contributed by atoms with E-state index in [1.165, 1.54) is 0 Å². The highest BCUT2D eigenvalue weighted by molar-refractivity contribution is 6.05. The number of nitrogens with two attached hydrogens (primary N) is 1. The van der Waals surface area contributed by atoms with E-state index >= 15 is 0 Å². The number of hydrogen-bond donors (Lipinski definition) is 2. The molecular formula is C27H30N4O3. The SMILES string of the molecule is C/C(C(=N)COC1COC1)=C(/N)c1cc(C(=O)N2CC(c3ccc(C#N)cc3)C2)c(C)cc1C. The van der Waals surface area contributed by atoms with Crippen molar-refractivity contribution in [1.29, 1.82) is 10.7 Å². The van der Waals surface area contributed by atoms with Gasteiger partial charge in [-0.3, -0.25) is 4.79 Å². The lowest BCUT2D eigenvalue weighted by Gasteiger charge is -2.40. The van der Waals surface area contributed by atoms with Crippen molar-refractivity contribution in [3.05, 3.63) is 75.4 Å². The molecule has 7 heteroatoms. The van der Waals surface area contributed by atoms with E-state index < -0.39 is 0 Å². The lowest BCUT2D eigenvalue weighted by molar-refractivity contribution is -0.120. The van der Waals surface area contributed by atoms with Crippen LogP contribution < -0.4 is 5.73 Å². The third kappa shape index (κ3) is 4.74. The van der Waals surface area contributed by atoms with Gasteiger partial charge in [-0.1, -0.05) is 18.2 Å². The molecule has 1 amide bonds. The van der Waals surface area contributed by atoms with E-state index in [0.717, 1.165) is 22.3 Å². The van der Waals surface area contributed by atoms with Gasteiger partial charge in [0, 0.05) is 35.8 Å². The largest absolute Gasteiger partial charge is 0.398 e. The molecule has 0 aromatic heterocycles. The molecule has 0 saturated carbocycles. The molecular weight excluding hydrogens is 428 g/mol. The summed E-state index contributed by atoms with van der Waals surface area (Å²) in [6, 6.07) is 13.5. The summed E-state index contributed by atoms with van der Waals surface area (Å²) in [4.78, 5) is 15.1. The van der Waals surface area contributed by atoms with Gasteiger partial charge in [0.05, 0.1) is 37.2 Å². The van der Waals surface area contributed by atoms with E-state index in [4.69, 9.17) is 25.9 Å². The smallest absolute Gasteiger partial charge is 0.254 e. The Hall–Kier alpha value is -3.47. The van der Waals surface area contributed by atoms with Crippen LogP contribution in [0.25, 0.3) is 5.70 Å². The zero-order valence-electron chi connectivity index (χ0n) is 19.9. The van der Waals surface area contributed by atoms with Crippen LogP contribution in [0.1, 0.15) is 51.0 Å². The molecule has 0 spiro atoms. The van der Waals surface area contributed by atoms with Gasteiger partial charge < -0.3 is 25.5 Å². The fourth-order valence-electron chi connectivity index (χ4n) is 4.21. The summed E-state index contributed by atoms with van der Waals surface area (Å²) in [5.74, 6) is 0.258. The molecule has 2 aliphatic heterocycles. The van der Waals surface area contributed by atoms with Crippen LogP contribution in [0, 0.1) is 30.6 Å². The van der Waals surface area contributed by atoms with Gasteiger partial charge in [0.2, 0.25) is 0 Å². The zero-order chi connectivity index (χ0) is 24.4. The van der Waals surface area contributed by atoms with Crippen LogP contribution in [-0.4, -0.2) is 55.5 Å². The van der Waals surface area contributed by atoms with E-state index in [1.54, 1.807) is 0 Å². The molecule has 4 rings (SSSR count). The second-order valence-electron chi connectivity index (χ2n) is 9.11. The molecule has 2 fully saturated rings. The minimum absolute atomic E-state index is 0.0162. The van der Waals surface area contributed by atoms with Gasteiger partial charge >= 0.3 is 0 Å². The number of nitriles is 1. The summed E-state index contributed by atoms with van der Waals surface area (Å²) in [7, 11) is 0. The molecule has 3 N–H and O–H groups in total. The van der Waals surface area contributed by atoms with Crippen molar-refractivity contribution in [1.82, 2.24) is 4.90 Å². The molecule has 34 heavy (non-hydrogen) atoms. The summed E-state index contributed by atoms with van der Waals surface area (Å²) >= 11 is 0. The molecule has 7 nitrogen and oxygen atoms in total. The van der Waals surface area contributed by atoms with Crippen molar-refractivity contribution >= 4 is 17.3 Å². The summed E-state index contributed by atoms with van der Waals surface area (Å²) in [5.41, 5.74) is 13.0. The highest BCUT2D eigenvalue weighted by Crippen LogP contribution is 2.30. The number of rotatable bonds is 7. The van der Waals surface area contributed by atoms with Crippen molar-refractivity contribution in [3.63, 3.8) is 0 Å². The fourth-order valence-corrected chi connectivity index (χ4v) is 4.21. The van der Waals surface area contributed by atoms with E-state index in [2.05, 4.69) is 6.07 Å². The first kappa shape index (κ1) is 23.7. The van der Waals surface area contributed by atoms with Crippen LogP contribution in [0.3, 0.4) is 0 Å². The van der Waals surface area contributed by atoms with Crippen molar-refractivity contribution in [2.45, 2.75) is 32.8 Å². The maximum Gasteiger partial charge on any atom is 0.254 e. The molecule has 2 saturated heterocycles. The maximum atomic E-state index is 13.3. The number of carbonyl (C=O) groups is 1. The van der Waals surface area contributed by atoms with Gasteiger partial charge in [-0.05, 0) is 61.2 Å². The number of nitrogens with zero attached hydrogens (tertiary/aromatic N) is 2. The Morgan fingerprint density at radius 1 is 1.18 bits per heavy atom. The second kappa shape index (κ2) is 9.80. The molecule has 0 unspecified atom stereocenters. The molecule has 2 heterocycles. The number of ether oxygens (including phenoxy) is 2. The molecule has 0 aliphatic carbocycles. The summed E-state index contributed by atoms with van der Waals surface area (Å²) in [6.07, 6.45) is 0.0457. The molecule has 2 aliphatic rings. The number of hydrogen-bond acceptors (Lipinski definition) is 6. The van der Waals surface area contributed by atoms with Crippen molar-refractivity contribution in [3.8, 4) is 6.07 Å². The van der Waals surface area contributed by atoms with Crippen molar-refractivity contribution < 1.29 is 14.3 Å². The van der Waals surface area contributed by atoms with Crippen LogP contribution in [-0.2, 0) is 9.47 Å². The second-order valence-corrected chi connectivity index (χ2v) is 9.11. The van der Waals surface area contributed by atoms with E-state index in [9.17, 15) is 4.79 Å². The number of amides is 1. The molecule has 2 aromatic carbocycles. The maximum absolute atomic E-state index is 13.3. The average Bonchev–Trinajstić information content (AvgIpc) is 2.76. The topological polar surface area (TPSA) is 112 Å². The summed E-state index contributed by atoms with van der Waals surface area (Å²) in [6.45, 7) is 8.32. The van der Waals surface area contributed by atoms with E-state index in [1.807, 2.05) is 62.1 Å². The Bertz CT molecular complexity index is 1180. The van der Waals surface area contributed by atoms with Gasteiger partial charge in [0.15, 0.2) is 0 Å². The average molecular weight is 459 g/mol. The number of aryl methyl sites for hydroxylation is 2. The number of carbonyl (C=O) groups excluding carboxylic acids is 1. The molecule has 0 bridgehead atoms. The predicted molar refractivity (Wildman–Crippen MR) is 131 cm³/mol.